The Labute approximate surface area is 111 Å². The van der Waals surface area contributed by atoms with Gasteiger partial charge in [0, 0.05) is 10.7 Å². The van der Waals surface area contributed by atoms with E-state index in [1.807, 2.05) is 18.2 Å². The smallest absolute Gasteiger partial charge is 0.0725 e. The third-order valence-electron chi connectivity index (χ3n) is 3.01. The average Bonchev–Trinajstić information content (AvgIpc) is 2.80. The van der Waals surface area contributed by atoms with Crippen LogP contribution in [0.1, 0.15) is 11.1 Å². The van der Waals surface area contributed by atoms with Gasteiger partial charge in [0.1, 0.15) is 0 Å². The molecule has 0 spiro atoms. The van der Waals surface area contributed by atoms with Crippen LogP contribution in [0, 0.1) is 0 Å². The number of hydrogen-bond acceptors (Lipinski definition) is 3. The first-order valence-corrected chi connectivity index (χ1v) is 6.12. The molecule has 1 aliphatic heterocycles. The molecule has 0 saturated carbocycles. The number of nitrogen functional groups attached to an aromatic ring is 1. The van der Waals surface area contributed by atoms with Gasteiger partial charge in [0.25, 0.3) is 0 Å². The molecule has 3 nitrogen and oxygen atoms in total. The maximum absolute atomic E-state index is 5.91. The highest BCUT2D eigenvalue weighted by Gasteiger charge is 2.11. The topological polar surface area (TPSA) is 47.3 Å². The normalized spacial score (nSPS) is 13.4. The van der Waals surface area contributed by atoms with Crippen molar-refractivity contribution < 1.29 is 4.74 Å². The lowest BCUT2D eigenvalue weighted by Gasteiger charge is -2.10. The summed E-state index contributed by atoms with van der Waals surface area (Å²) in [4.78, 5) is 0. The number of ether oxygens (including phenoxy) is 1. The number of hydrogen-bond donors (Lipinski definition) is 2. The molecule has 2 aromatic rings. The van der Waals surface area contributed by atoms with Gasteiger partial charge in [0.05, 0.1) is 24.6 Å². The van der Waals surface area contributed by atoms with Gasteiger partial charge in [0.2, 0.25) is 0 Å². The zero-order chi connectivity index (χ0) is 12.5. The Bertz CT molecular complexity index is 598. The van der Waals surface area contributed by atoms with E-state index in [0.717, 1.165) is 11.4 Å². The second kappa shape index (κ2) is 4.52. The molecule has 3 rings (SSSR count). The Morgan fingerprint density at radius 2 is 1.89 bits per heavy atom. The fourth-order valence-corrected chi connectivity index (χ4v) is 2.23. The van der Waals surface area contributed by atoms with Gasteiger partial charge in [-0.2, -0.15) is 0 Å². The highest BCUT2D eigenvalue weighted by molar-refractivity contribution is 6.31. The van der Waals surface area contributed by atoms with Gasteiger partial charge in [-0.15, -0.1) is 0 Å². The quantitative estimate of drug-likeness (QED) is 0.810. The van der Waals surface area contributed by atoms with E-state index >= 15 is 0 Å². The van der Waals surface area contributed by atoms with Crippen molar-refractivity contribution in [2.75, 3.05) is 11.1 Å². The van der Waals surface area contributed by atoms with Gasteiger partial charge in [-0.05, 0) is 41.5 Å². The molecule has 4 heteroatoms. The van der Waals surface area contributed by atoms with Crippen LogP contribution in [0.2, 0.25) is 5.02 Å². The molecule has 0 radical (unpaired) electrons. The molecule has 0 saturated heterocycles. The van der Waals surface area contributed by atoms with Crippen LogP contribution in [-0.4, -0.2) is 0 Å². The molecular weight excluding hydrogens is 248 g/mol. The highest BCUT2D eigenvalue weighted by Crippen LogP contribution is 2.29. The van der Waals surface area contributed by atoms with E-state index in [1.54, 1.807) is 6.07 Å². The predicted octanol–water partition coefficient (Wildman–Crippen LogP) is 3.70. The van der Waals surface area contributed by atoms with Crippen molar-refractivity contribution >= 4 is 28.7 Å². The van der Waals surface area contributed by atoms with E-state index in [2.05, 4.69) is 17.4 Å². The summed E-state index contributed by atoms with van der Waals surface area (Å²) >= 11 is 5.87. The first kappa shape index (κ1) is 11.4. The van der Waals surface area contributed by atoms with Crippen LogP contribution in [0.25, 0.3) is 0 Å². The van der Waals surface area contributed by atoms with Gasteiger partial charge in [0.15, 0.2) is 0 Å². The van der Waals surface area contributed by atoms with E-state index in [4.69, 9.17) is 22.1 Å². The van der Waals surface area contributed by atoms with E-state index in [9.17, 15) is 0 Å². The van der Waals surface area contributed by atoms with Gasteiger partial charge in [-0.3, -0.25) is 0 Å². The van der Waals surface area contributed by atoms with Crippen LogP contribution in [0.4, 0.5) is 17.1 Å². The largest absolute Gasteiger partial charge is 0.397 e. The Morgan fingerprint density at radius 3 is 2.72 bits per heavy atom. The van der Waals surface area contributed by atoms with Crippen LogP contribution >= 0.6 is 11.6 Å². The van der Waals surface area contributed by atoms with Crippen LogP contribution in [0.3, 0.4) is 0 Å². The van der Waals surface area contributed by atoms with Crippen LogP contribution in [0.15, 0.2) is 36.4 Å². The molecule has 3 N–H and O–H groups in total. The lowest BCUT2D eigenvalue weighted by Crippen LogP contribution is -1.97. The first-order valence-electron chi connectivity index (χ1n) is 5.74. The minimum absolute atomic E-state index is 0.638. The van der Waals surface area contributed by atoms with Gasteiger partial charge >= 0.3 is 0 Å². The summed E-state index contributed by atoms with van der Waals surface area (Å²) in [6, 6.07) is 11.6. The van der Waals surface area contributed by atoms with Gasteiger partial charge in [-0.25, -0.2) is 0 Å². The molecular formula is C14H13ClN2O. The molecule has 2 aromatic carbocycles. The molecule has 0 unspecified atom stereocenters. The Morgan fingerprint density at radius 1 is 1.06 bits per heavy atom. The molecule has 0 amide bonds. The monoisotopic (exact) mass is 260 g/mol. The lowest BCUT2D eigenvalue weighted by molar-refractivity contribution is 0.134. The second-order valence-corrected chi connectivity index (χ2v) is 4.77. The van der Waals surface area contributed by atoms with Crippen molar-refractivity contribution in [3.05, 3.63) is 52.5 Å². The zero-order valence-corrected chi connectivity index (χ0v) is 10.5. The second-order valence-electron chi connectivity index (χ2n) is 4.33. The molecule has 0 fully saturated rings. The minimum Gasteiger partial charge on any atom is -0.397 e. The molecule has 0 bridgehead atoms. The highest BCUT2D eigenvalue weighted by atomic mass is 35.5. The SMILES string of the molecule is Nc1cc(Cl)ccc1Nc1ccc2c(c1)COC2. The zero-order valence-electron chi connectivity index (χ0n) is 9.74. The predicted molar refractivity (Wildman–Crippen MR) is 74.1 cm³/mol. The van der Waals surface area contributed by atoms with Gasteiger partial charge < -0.3 is 15.8 Å². The molecule has 1 heterocycles. The van der Waals surface area contributed by atoms with Gasteiger partial charge in [-0.1, -0.05) is 17.7 Å². The van der Waals surface area contributed by atoms with E-state index < -0.39 is 0 Å². The summed E-state index contributed by atoms with van der Waals surface area (Å²) in [5, 5.41) is 3.93. The fraction of sp³-hybridized carbons (Fsp3) is 0.143. The van der Waals surface area contributed by atoms with Crippen molar-refractivity contribution in [2.45, 2.75) is 13.2 Å². The molecule has 0 aromatic heterocycles. The maximum Gasteiger partial charge on any atom is 0.0725 e. The summed E-state index contributed by atoms with van der Waals surface area (Å²) in [7, 11) is 0. The third kappa shape index (κ3) is 2.15. The van der Waals surface area contributed by atoms with E-state index in [0.29, 0.717) is 23.9 Å². The van der Waals surface area contributed by atoms with Crippen molar-refractivity contribution in [3.8, 4) is 0 Å². The lowest BCUT2D eigenvalue weighted by atomic mass is 10.1. The van der Waals surface area contributed by atoms with Crippen molar-refractivity contribution in [2.24, 2.45) is 0 Å². The summed E-state index contributed by atoms with van der Waals surface area (Å²) in [5.74, 6) is 0. The van der Waals surface area contributed by atoms with Crippen molar-refractivity contribution in [1.82, 2.24) is 0 Å². The van der Waals surface area contributed by atoms with Crippen LogP contribution < -0.4 is 11.1 Å². The number of nitrogens with one attached hydrogen (secondary N) is 1. The summed E-state index contributed by atoms with van der Waals surface area (Å²) < 4.78 is 5.39. The van der Waals surface area contributed by atoms with E-state index in [-0.39, 0.29) is 0 Å². The molecule has 0 atom stereocenters. The standard InChI is InChI=1S/C14H13ClN2O/c15-11-2-4-14(13(16)6-11)17-12-3-1-9-7-18-8-10(9)5-12/h1-6,17H,7-8,16H2. The number of halogens is 1. The number of benzene rings is 2. The average molecular weight is 261 g/mol. The minimum atomic E-state index is 0.638. The van der Waals surface area contributed by atoms with Crippen molar-refractivity contribution in [3.63, 3.8) is 0 Å². The summed E-state index contributed by atoms with van der Waals surface area (Å²) in [5.41, 5.74) is 10.9. The van der Waals surface area contributed by atoms with Crippen LogP contribution in [-0.2, 0) is 18.0 Å². The number of anilines is 3. The van der Waals surface area contributed by atoms with E-state index in [1.165, 1.54) is 11.1 Å². The Balaban J connectivity index is 1.88. The fourth-order valence-electron chi connectivity index (χ4n) is 2.05. The molecule has 0 aliphatic carbocycles. The molecule has 92 valence electrons. The van der Waals surface area contributed by atoms with Crippen LogP contribution in [0.5, 0.6) is 0 Å². The summed E-state index contributed by atoms with van der Waals surface area (Å²) in [6.07, 6.45) is 0. The first-order chi connectivity index (χ1) is 8.72. The Hall–Kier alpha value is -1.71. The summed E-state index contributed by atoms with van der Waals surface area (Å²) in [6.45, 7) is 1.39. The number of fused-ring (bicyclic) bond motifs is 1. The Kier molecular flexibility index (Phi) is 2.86. The number of nitrogens with two attached hydrogens (primary N) is 1. The molecule has 18 heavy (non-hydrogen) atoms. The third-order valence-corrected chi connectivity index (χ3v) is 3.25. The molecule has 1 aliphatic rings. The maximum atomic E-state index is 5.91. The van der Waals surface area contributed by atoms with Crippen molar-refractivity contribution in [1.29, 1.82) is 0 Å². The number of rotatable bonds is 2.